The second kappa shape index (κ2) is 11.2. The largest absolute Gasteiger partial charge is 0.490 e. The number of fused-ring (bicyclic) bond motifs is 1. The zero-order chi connectivity index (χ0) is 24.0. The van der Waals surface area contributed by atoms with Gasteiger partial charge in [0.1, 0.15) is 0 Å². The smallest absolute Gasteiger partial charge is 0.240 e. The number of hydrogen-bond donors (Lipinski definition) is 1. The molecule has 0 aromatic heterocycles. The lowest BCUT2D eigenvalue weighted by atomic mass is 10.1. The van der Waals surface area contributed by atoms with E-state index < -0.39 is 10.0 Å². The lowest BCUT2D eigenvalue weighted by Gasteiger charge is -2.22. The molecule has 0 saturated carbocycles. The van der Waals surface area contributed by atoms with Crippen molar-refractivity contribution in [2.45, 2.75) is 37.6 Å². The molecular formula is C25H33N3O5S. The van der Waals surface area contributed by atoms with Crippen molar-refractivity contribution in [3.05, 3.63) is 53.6 Å². The lowest BCUT2D eigenvalue weighted by Crippen LogP contribution is -2.37. The highest BCUT2D eigenvalue weighted by molar-refractivity contribution is 7.89. The molecule has 0 aliphatic carbocycles. The highest BCUT2D eigenvalue weighted by atomic mass is 32.2. The van der Waals surface area contributed by atoms with Crippen LogP contribution in [0.1, 0.15) is 30.4 Å². The van der Waals surface area contributed by atoms with E-state index in [-0.39, 0.29) is 23.8 Å². The predicted molar refractivity (Wildman–Crippen MR) is 130 cm³/mol. The third-order valence-electron chi connectivity index (χ3n) is 6.26. The van der Waals surface area contributed by atoms with E-state index in [0.29, 0.717) is 37.8 Å². The topological polar surface area (TPSA) is 88.2 Å². The van der Waals surface area contributed by atoms with Gasteiger partial charge in [0.25, 0.3) is 0 Å². The van der Waals surface area contributed by atoms with Gasteiger partial charge in [0, 0.05) is 58.2 Å². The van der Waals surface area contributed by atoms with Crippen LogP contribution in [0.2, 0.25) is 0 Å². The van der Waals surface area contributed by atoms with Gasteiger partial charge in [-0.05, 0) is 36.6 Å². The summed E-state index contributed by atoms with van der Waals surface area (Å²) in [5.41, 5.74) is 2.59. The van der Waals surface area contributed by atoms with Crippen LogP contribution in [0, 0.1) is 6.92 Å². The van der Waals surface area contributed by atoms with Gasteiger partial charge in [0.15, 0.2) is 11.5 Å². The van der Waals surface area contributed by atoms with Gasteiger partial charge in [-0.15, -0.1) is 0 Å². The second-order valence-corrected chi connectivity index (χ2v) is 10.5. The van der Waals surface area contributed by atoms with E-state index in [0.717, 1.165) is 32.5 Å². The van der Waals surface area contributed by atoms with Crippen molar-refractivity contribution in [3.8, 4) is 11.5 Å². The normalized spacial score (nSPS) is 17.1. The van der Waals surface area contributed by atoms with Crippen molar-refractivity contribution in [1.29, 1.82) is 0 Å². The molecule has 34 heavy (non-hydrogen) atoms. The Hall–Kier alpha value is -2.62. The lowest BCUT2D eigenvalue weighted by molar-refractivity contribution is -0.130. The zero-order valence-electron chi connectivity index (χ0n) is 19.7. The Morgan fingerprint density at radius 2 is 1.76 bits per heavy atom. The number of carbonyl (C=O) groups excluding carboxylic acids is 1. The highest BCUT2D eigenvalue weighted by Crippen LogP contribution is 2.31. The molecule has 1 saturated heterocycles. The quantitative estimate of drug-likeness (QED) is 0.646. The summed E-state index contributed by atoms with van der Waals surface area (Å²) in [6.07, 6.45) is 1.78. The van der Waals surface area contributed by atoms with Crippen molar-refractivity contribution in [2.24, 2.45) is 0 Å². The molecular weight excluding hydrogens is 454 g/mol. The van der Waals surface area contributed by atoms with E-state index in [2.05, 4.69) is 34.7 Å². The van der Waals surface area contributed by atoms with Crippen molar-refractivity contribution in [3.63, 3.8) is 0 Å². The third-order valence-corrected chi connectivity index (χ3v) is 7.72. The molecule has 2 heterocycles. The molecule has 0 spiro atoms. The molecule has 0 radical (unpaired) electrons. The van der Waals surface area contributed by atoms with Crippen LogP contribution >= 0.6 is 0 Å². The number of ether oxygens (including phenoxy) is 2. The number of nitrogens with one attached hydrogen (secondary N) is 1. The molecule has 2 aromatic carbocycles. The van der Waals surface area contributed by atoms with Gasteiger partial charge in [-0.3, -0.25) is 9.69 Å². The average Bonchev–Trinajstić information content (AvgIpc) is 3.20. The Morgan fingerprint density at radius 3 is 2.59 bits per heavy atom. The first-order valence-electron chi connectivity index (χ1n) is 11.9. The fraction of sp³-hybridized carbons (Fsp3) is 0.480. The first kappa shape index (κ1) is 24.5. The molecule has 0 bridgehead atoms. The highest BCUT2D eigenvalue weighted by Gasteiger charge is 2.22. The summed E-state index contributed by atoms with van der Waals surface area (Å²) < 4.78 is 39.1. The Bertz CT molecular complexity index is 1110. The summed E-state index contributed by atoms with van der Waals surface area (Å²) in [4.78, 5) is 17.1. The van der Waals surface area contributed by atoms with Gasteiger partial charge < -0.3 is 14.4 Å². The van der Waals surface area contributed by atoms with E-state index in [9.17, 15) is 13.2 Å². The minimum Gasteiger partial charge on any atom is -0.490 e. The van der Waals surface area contributed by atoms with Crippen LogP contribution in [0.3, 0.4) is 0 Å². The first-order chi connectivity index (χ1) is 16.4. The molecule has 2 aliphatic heterocycles. The SMILES string of the molecule is Cc1ccccc1CN1CCCN(C(=O)CCNS(=O)(=O)c2ccc3c(c2)OCCCO3)CC1. The molecule has 184 valence electrons. The van der Waals surface area contributed by atoms with Crippen molar-refractivity contribution in [2.75, 3.05) is 45.9 Å². The molecule has 0 unspecified atom stereocenters. The fourth-order valence-corrected chi connectivity index (χ4v) is 5.30. The number of carbonyl (C=O) groups is 1. The molecule has 1 amide bonds. The van der Waals surface area contributed by atoms with Gasteiger partial charge in [0.05, 0.1) is 18.1 Å². The zero-order valence-corrected chi connectivity index (χ0v) is 20.5. The third kappa shape index (κ3) is 6.28. The van der Waals surface area contributed by atoms with Crippen molar-refractivity contribution >= 4 is 15.9 Å². The Labute approximate surface area is 201 Å². The molecule has 9 heteroatoms. The summed E-state index contributed by atoms with van der Waals surface area (Å²) in [7, 11) is -3.75. The molecule has 4 rings (SSSR count). The Kier molecular flexibility index (Phi) is 8.07. The van der Waals surface area contributed by atoms with Crippen LogP contribution in [0.15, 0.2) is 47.4 Å². The van der Waals surface area contributed by atoms with Crippen molar-refractivity contribution in [1.82, 2.24) is 14.5 Å². The number of nitrogens with zero attached hydrogens (tertiary/aromatic N) is 2. The minimum absolute atomic E-state index is 0.0286. The summed E-state index contributed by atoms with van der Waals surface area (Å²) >= 11 is 0. The van der Waals surface area contributed by atoms with Crippen LogP contribution < -0.4 is 14.2 Å². The van der Waals surface area contributed by atoms with Crippen LogP contribution in [-0.2, 0) is 21.4 Å². The number of sulfonamides is 1. The van der Waals surface area contributed by atoms with Gasteiger partial charge in [-0.1, -0.05) is 24.3 Å². The minimum atomic E-state index is -3.75. The van der Waals surface area contributed by atoms with Crippen LogP contribution in [-0.4, -0.2) is 70.1 Å². The van der Waals surface area contributed by atoms with Crippen molar-refractivity contribution < 1.29 is 22.7 Å². The summed E-state index contributed by atoms with van der Waals surface area (Å²) in [6.45, 7) is 7.17. The van der Waals surface area contributed by atoms with E-state index in [1.165, 1.54) is 23.3 Å². The van der Waals surface area contributed by atoms with Crippen LogP contribution in [0.4, 0.5) is 0 Å². The maximum atomic E-state index is 12.8. The fourth-order valence-electron chi connectivity index (χ4n) is 4.25. The maximum absolute atomic E-state index is 12.8. The number of benzene rings is 2. The predicted octanol–water partition coefficient (Wildman–Crippen LogP) is 2.56. The van der Waals surface area contributed by atoms with Gasteiger partial charge in [-0.2, -0.15) is 0 Å². The Morgan fingerprint density at radius 1 is 0.971 bits per heavy atom. The monoisotopic (exact) mass is 487 g/mol. The standard InChI is InChI=1S/C25H33N3O5S/c1-20-6-2-3-7-21(20)19-27-12-4-13-28(15-14-27)25(29)10-11-26-34(30,31)22-8-9-23-24(18-22)33-17-5-16-32-23/h2-3,6-9,18,26H,4-5,10-17,19H2,1H3. The van der Waals surface area contributed by atoms with Gasteiger partial charge >= 0.3 is 0 Å². The van der Waals surface area contributed by atoms with Crippen LogP contribution in [0.25, 0.3) is 0 Å². The average molecular weight is 488 g/mol. The van der Waals surface area contributed by atoms with E-state index in [4.69, 9.17) is 9.47 Å². The number of aryl methyl sites for hydroxylation is 1. The van der Waals surface area contributed by atoms with Gasteiger partial charge in [-0.25, -0.2) is 13.1 Å². The Balaban J connectivity index is 1.26. The molecule has 0 atom stereocenters. The molecule has 8 nitrogen and oxygen atoms in total. The summed E-state index contributed by atoms with van der Waals surface area (Å²) in [6, 6.07) is 13.0. The molecule has 2 aromatic rings. The van der Waals surface area contributed by atoms with Gasteiger partial charge in [0.2, 0.25) is 15.9 Å². The van der Waals surface area contributed by atoms with Crippen LogP contribution in [0.5, 0.6) is 11.5 Å². The number of amides is 1. The number of hydrogen-bond acceptors (Lipinski definition) is 6. The molecule has 1 fully saturated rings. The molecule has 2 aliphatic rings. The summed E-state index contributed by atoms with van der Waals surface area (Å²) in [5, 5.41) is 0. The maximum Gasteiger partial charge on any atom is 0.240 e. The summed E-state index contributed by atoms with van der Waals surface area (Å²) in [5.74, 6) is 0.944. The van der Waals surface area contributed by atoms with E-state index >= 15 is 0 Å². The number of rotatable bonds is 7. The van der Waals surface area contributed by atoms with E-state index in [1.807, 2.05) is 11.0 Å². The van der Waals surface area contributed by atoms with E-state index in [1.54, 1.807) is 6.07 Å². The molecule has 1 N–H and O–H groups in total. The second-order valence-electron chi connectivity index (χ2n) is 8.74. The first-order valence-corrected chi connectivity index (χ1v) is 13.3.